The molecular weight excluding hydrogens is 629 g/mol. The minimum absolute atomic E-state index is 0.139. The first-order chi connectivity index (χ1) is 22.4. The van der Waals surface area contributed by atoms with Gasteiger partial charge >= 0.3 is 5.97 Å². The number of hydrogen-bond acceptors (Lipinski definition) is 6. The van der Waals surface area contributed by atoms with E-state index in [1.165, 1.54) is 43.5 Å². The highest BCUT2D eigenvalue weighted by molar-refractivity contribution is 7.85. The number of unbranched alkanes of at least 4 members (excludes halogenated alkanes) is 4. The van der Waals surface area contributed by atoms with E-state index in [2.05, 4.69) is 84.0 Å². The highest BCUT2D eigenvalue weighted by Gasteiger charge is 2.44. The van der Waals surface area contributed by atoms with Crippen LogP contribution in [0.25, 0.3) is 18.2 Å². The molecule has 1 aromatic heterocycles. The van der Waals surface area contributed by atoms with Gasteiger partial charge in [0.05, 0.1) is 10.3 Å². The minimum atomic E-state index is -4.59. The third-order valence-corrected chi connectivity index (χ3v) is 10.6. The summed E-state index contributed by atoms with van der Waals surface area (Å²) in [6, 6.07) is 17.6. The summed E-state index contributed by atoms with van der Waals surface area (Å²) in [5.74, 6) is -0.797. The van der Waals surface area contributed by atoms with Crippen LogP contribution in [-0.4, -0.2) is 54.0 Å². The third kappa shape index (κ3) is 9.75. The van der Waals surface area contributed by atoms with Crippen molar-refractivity contribution in [2.24, 2.45) is 0 Å². The number of carboxylic acids is 1. The second kappa shape index (κ2) is 16.5. The van der Waals surface area contributed by atoms with Crippen LogP contribution < -0.4 is 4.90 Å². The quantitative estimate of drug-likeness (QED) is 0.0820. The fraction of sp³-hybridized carbons (Fsp3) is 0.421. The average molecular weight is 677 g/mol. The fourth-order valence-electron chi connectivity index (χ4n) is 6.03. The Hall–Kier alpha value is -3.53. The fourth-order valence-corrected chi connectivity index (χ4v) is 7.34. The van der Waals surface area contributed by atoms with Crippen LogP contribution in [0.3, 0.4) is 0 Å². The molecule has 0 saturated carbocycles. The molecule has 47 heavy (non-hydrogen) atoms. The van der Waals surface area contributed by atoms with Gasteiger partial charge in [0.2, 0.25) is 5.69 Å². The molecule has 2 aromatic carbocycles. The van der Waals surface area contributed by atoms with Gasteiger partial charge in [-0.25, -0.2) is 8.42 Å². The Bertz CT molecular complexity index is 1710. The number of hydrogen-bond donors (Lipinski definition) is 1. The van der Waals surface area contributed by atoms with E-state index >= 15 is 0 Å². The molecule has 7 nitrogen and oxygen atoms in total. The Morgan fingerprint density at radius 2 is 1.51 bits per heavy atom. The second-order valence-corrected chi connectivity index (χ2v) is 15.2. The molecule has 0 amide bonds. The summed E-state index contributed by atoms with van der Waals surface area (Å²) in [7, 11) is -4.59. The molecule has 3 aromatic rings. The lowest BCUT2D eigenvalue weighted by Crippen LogP contribution is -2.28. The van der Waals surface area contributed by atoms with E-state index in [0.29, 0.717) is 13.0 Å². The summed E-state index contributed by atoms with van der Waals surface area (Å²) in [6.07, 6.45) is 15.5. The molecular formula is C38H48N2O5S2. The molecule has 1 N–H and O–H groups in total. The van der Waals surface area contributed by atoms with Crippen molar-refractivity contribution in [2.45, 2.75) is 89.4 Å². The molecule has 1 aliphatic heterocycles. The van der Waals surface area contributed by atoms with E-state index in [1.807, 2.05) is 13.8 Å². The summed E-state index contributed by atoms with van der Waals surface area (Å²) in [5.41, 5.74) is 4.57. The van der Waals surface area contributed by atoms with Crippen molar-refractivity contribution in [3.05, 3.63) is 81.6 Å². The van der Waals surface area contributed by atoms with Gasteiger partial charge in [-0.1, -0.05) is 44.9 Å². The summed E-state index contributed by atoms with van der Waals surface area (Å²) in [4.78, 5) is 15.4. The van der Waals surface area contributed by atoms with Gasteiger partial charge in [-0.3, -0.25) is 4.79 Å². The van der Waals surface area contributed by atoms with Crippen molar-refractivity contribution in [1.29, 1.82) is 0 Å². The highest BCUT2D eigenvalue weighted by atomic mass is 32.2. The van der Waals surface area contributed by atoms with Crippen molar-refractivity contribution < 1.29 is 27.4 Å². The number of fused-ring (bicyclic) bond motifs is 1. The lowest BCUT2D eigenvalue weighted by Gasteiger charge is -2.24. The summed E-state index contributed by atoms with van der Waals surface area (Å²) >= 11 is 1.69. The molecule has 0 unspecified atom stereocenters. The van der Waals surface area contributed by atoms with Crippen molar-refractivity contribution in [1.82, 2.24) is 0 Å². The SMILES string of the molecule is CCCCN(CCCC)c1ccc(/C=C/c2ccc(/C=C/C3=[N+](CCCCCC(=O)O)c4ccc(S(=O)(=O)[O-])cc4C3(C)C)s2)cc1. The smallest absolute Gasteiger partial charge is 0.303 e. The highest BCUT2D eigenvalue weighted by Crippen LogP contribution is 2.41. The van der Waals surface area contributed by atoms with Crippen molar-refractivity contribution in [2.75, 3.05) is 24.5 Å². The number of carboxylic acid groups (broad SMARTS) is 1. The Balaban J connectivity index is 1.51. The van der Waals surface area contributed by atoms with Gasteiger partial charge in [-0.15, -0.1) is 11.3 Å². The number of nitrogens with zero attached hydrogens (tertiary/aromatic N) is 2. The first kappa shape index (κ1) is 36.3. The number of anilines is 1. The zero-order chi connectivity index (χ0) is 34.0. The van der Waals surface area contributed by atoms with Crippen molar-refractivity contribution in [3.8, 4) is 0 Å². The number of rotatable bonds is 18. The predicted octanol–water partition coefficient (Wildman–Crippen LogP) is 8.96. The van der Waals surface area contributed by atoms with Gasteiger partial charge in [-0.05, 0) is 93.6 Å². The Kier molecular flexibility index (Phi) is 12.8. The molecule has 0 radical (unpaired) electrons. The van der Waals surface area contributed by atoms with Crippen LogP contribution in [0.2, 0.25) is 0 Å². The molecule has 0 aliphatic carbocycles. The van der Waals surface area contributed by atoms with Crippen molar-refractivity contribution >= 4 is 62.7 Å². The van der Waals surface area contributed by atoms with Gasteiger partial charge in [-0.2, -0.15) is 4.58 Å². The molecule has 0 saturated heterocycles. The van der Waals surface area contributed by atoms with E-state index < -0.39 is 21.5 Å². The Morgan fingerprint density at radius 1 is 0.872 bits per heavy atom. The topological polar surface area (TPSA) is 101 Å². The first-order valence-electron chi connectivity index (χ1n) is 16.7. The molecule has 0 spiro atoms. The van der Waals surface area contributed by atoms with Gasteiger partial charge in [0.25, 0.3) is 0 Å². The number of allylic oxidation sites excluding steroid dienone is 1. The molecule has 2 heterocycles. The molecule has 1 aliphatic rings. The Morgan fingerprint density at radius 3 is 2.11 bits per heavy atom. The molecule has 252 valence electrons. The van der Waals surface area contributed by atoms with Crippen LogP contribution in [0.5, 0.6) is 0 Å². The number of thiophene rings is 1. The van der Waals surface area contributed by atoms with Gasteiger partial charge in [0.1, 0.15) is 16.7 Å². The Labute approximate surface area is 284 Å². The van der Waals surface area contributed by atoms with Gasteiger partial charge < -0.3 is 14.6 Å². The lowest BCUT2D eigenvalue weighted by atomic mass is 9.81. The molecule has 0 atom stereocenters. The summed E-state index contributed by atoms with van der Waals surface area (Å²) < 4.78 is 37.7. The standard InChI is InChI=1S/C38H48N2O5S2/c1-5-7-25-39(26-8-6-2)30-16-13-29(14-17-30)15-18-31-19-20-32(46-31)21-24-36-38(3,4)34-28-33(47(43,44)45)22-23-35(34)40(36)27-11-9-10-12-37(41)42/h13-24,28H,5-12,25-27H2,1-4H3,(H-,41,42,43,44,45). The third-order valence-electron chi connectivity index (χ3n) is 8.74. The number of aliphatic carboxylic acids is 1. The van der Waals surface area contributed by atoms with Crippen LogP contribution in [0.15, 0.2) is 65.6 Å². The van der Waals surface area contributed by atoms with E-state index in [4.69, 9.17) is 5.11 Å². The van der Waals surface area contributed by atoms with Crippen molar-refractivity contribution in [3.63, 3.8) is 0 Å². The zero-order valence-electron chi connectivity index (χ0n) is 28.1. The van der Waals surface area contributed by atoms with E-state index in [1.54, 1.807) is 17.4 Å². The maximum atomic E-state index is 11.8. The predicted molar refractivity (Wildman–Crippen MR) is 194 cm³/mol. The van der Waals surface area contributed by atoms with Gasteiger partial charge in [0.15, 0.2) is 5.71 Å². The van der Waals surface area contributed by atoms with E-state index in [9.17, 15) is 17.8 Å². The van der Waals surface area contributed by atoms with Crippen LogP contribution in [0.4, 0.5) is 11.4 Å². The van der Waals surface area contributed by atoms with Crippen LogP contribution >= 0.6 is 11.3 Å². The monoisotopic (exact) mass is 676 g/mol. The van der Waals surface area contributed by atoms with Gasteiger partial charge in [0, 0.05) is 59.1 Å². The minimum Gasteiger partial charge on any atom is -0.744 e. The average Bonchev–Trinajstić information content (AvgIpc) is 3.57. The van der Waals surface area contributed by atoms with Crippen LogP contribution in [0.1, 0.15) is 99.9 Å². The maximum Gasteiger partial charge on any atom is 0.303 e. The molecule has 4 rings (SSSR count). The van der Waals surface area contributed by atoms with E-state index in [0.717, 1.165) is 58.2 Å². The normalized spacial score (nSPS) is 14.4. The molecule has 0 fully saturated rings. The van der Waals surface area contributed by atoms with E-state index in [-0.39, 0.29) is 11.3 Å². The second-order valence-electron chi connectivity index (χ2n) is 12.7. The largest absolute Gasteiger partial charge is 0.744 e. The van der Waals surface area contributed by atoms with Crippen LogP contribution in [-0.2, 0) is 20.3 Å². The summed E-state index contributed by atoms with van der Waals surface area (Å²) in [6.45, 7) is 11.4. The molecule has 9 heteroatoms. The van der Waals surface area contributed by atoms with Crippen LogP contribution in [0, 0.1) is 0 Å². The lowest BCUT2D eigenvalue weighted by molar-refractivity contribution is -0.438. The number of benzene rings is 2. The molecule has 0 bridgehead atoms. The maximum absolute atomic E-state index is 11.8. The zero-order valence-corrected chi connectivity index (χ0v) is 29.7. The number of carbonyl (C=O) groups is 1. The summed E-state index contributed by atoms with van der Waals surface area (Å²) in [5, 5.41) is 9.00. The first-order valence-corrected chi connectivity index (χ1v) is 18.9.